The molecule has 0 amide bonds. The molecule has 0 saturated carbocycles. The van der Waals surface area contributed by atoms with Crippen LogP contribution in [0.2, 0.25) is 0 Å². The molecule has 0 saturated heterocycles. The second-order valence-corrected chi connectivity index (χ2v) is 7.93. The second kappa shape index (κ2) is 8.49. The fraction of sp³-hybridized carbons (Fsp3) is 0.364. The number of methoxy groups -OCH3 is 1. The van der Waals surface area contributed by atoms with Crippen molar-refractivity contribution >= 4 is 16.9 Å². The van der Waals surface area contributed by atoms with Crippen molar-refractivity contribution in [2.75, 3.05) is 7.11 Å². The van der Waals surface area contributed by atoms with E-state index < -0.39 is 0 Å². The molecule has 0 atom stereocenters. The molecule has 0 aliphatic rings. The SMILES string of the molecule is CCCCCn1c2nc(-n3cnnc3)n(Cc3ccc(OC)cc3)c2c(=O)n2c(C)nnc12. The summed E-state index contributed by atoms with van der Waals surface area (Å²) in [5, 5.41) is 16.3. The Bertz CT molecular complexity index is 1460. The summed E-state index contributed by atoms with van der Waals surface area (Å²) in [7, 11) is 1.64. The molecule has 0 N–H and O–H groups in total. The van der Waals surface area contributed by atoms with Crippen LogP contribution < -0.4 is 10.3 Å². The Morgan fingerprint density at radius 3 is 2.45 bits per heavy atom. The lowest BCUT2D eigenvalue weighted by Gasteiger charge is -2.11. The Kier molecular flexibility index (Phi) is 5.37. The zero-order chi connectivity index (χ0) is 22.9. The average molecular weight is 448 g/mol. The molecule has 11 nitrogen and oxygen atoms in total. The van der Waals surface area contributed by atoms with E-state index in [0.29, 0.717) is 41.8 Å². The number of hydrogen-bond donors (Lipinski definition) is 0. The van der Waals surface area contributed by atoms with Crippen LogP contribution in [0.3, 0.4) is 0 Å². The van der Waals surface area contributed by atoms with E-state index in [2.05, 4.69) is 27.3 Å². The summed E-state index contributed by atoms with van der Waals surface area (Å²) in [6.45, 7) is 5.07. The largest absolute Gasteiger partial charge is 0.497 e. The zero-order valence-electron chi connectivity index (χ0n) is 18.8. The molecule has 0 spiro atoms. The molecule has 11 heteroatoms. The fourth-order valence-electron chi connectivity index (χ4n) is 4.08. The van der Waals surface area contributed by atoms with Crippen molar-refractivity contribution in [1.29, 1.82) is 0 Å². The van der Waals surface area contributed by atoms with Crippen LogP contribution in [0.25, 0.3) is 22.9 Å². The minimum atomic E-state index is -0.199. The maximum atomic E-state index is 13.7. The summed E-state index contributed by atoms with van der Waals surface area (Å²) in [5.74, 6) is 2.38. The zero-order valence-corrected chi connectivity index (χ0v) is 18.8. The molecule has 5 aromatic rings. The molecular formula is C22H25N9O2. The van der Waals surface area contributed by atoms with Gasteiger partial charge in [-0.15, -0.1) is 20.4 Å². The van der Waals surface area contributed by atoms with Crippen LogP contribution in [0.1, 0.15) is 37.6 Å². The molecule has 0 fully saturated rings. The maximum Gasteiger partial charge on any atom is 0.286 e. The van der Waals surface area contributed by atoms with Gasteiger partial charge in [-0.1, -0.05) is 31.9 Å². The van der Waals surface area contributed by atoms with Gasteiger partial charge in [0, 0.05) is 6.54 Å². The normalized spacial score (nSPS) is 11.6. The van der Waals surface area contributed by atoms with Gasteiger partial charge in [-0.3, -0.25) is 18.5 Å². The quantitative estimate of drug-likeness (QED) is 0.336. The van der Waals surface area contributed by atoms with Crippen LogP contribution in [0, 0.1) is 6.92 Å². The number of fused-ring (bicyclic) bond motifs is 2. The smallest absolute Gasteiger partial charge is 0.286 e. The number of imidazole rings is 1. The molecule has 4 aromatic heterocycles. The Hall–Kier alpha value is -4.02. The highest BCUT2D eigenvalue weighted by atomic mass is 16.5. The lowest BCUT2D eigenvalue weighted by molar-refractivity contribution is 0.414. The number of benzene rings is 1. The molecule has 1 aromatic carbocycles. The third kappa shape index (κ3) is 3.55. The monoisotopic (exact) mass is 447 g/mol. The van der Waals surface area contributed by atoms with Gasteiger partial charge in [-0.2, -0.15) is 4.98 Å². The first kappa shape index (κ1) is 20.9. The molecule has 0 unspecified atom stereocenters. The first-order valence-corrected chi connectivity index (χ1v) is 10.9. The minimum Gasteiger partial charge on any atom is -0.497 e. The van der Waals surface area contributed by atoms with Crippen LogP contribution in [-0.4, -0.2) is 50.6 Å². The highest BCUT2D eigenvalue weighted by Gasteiger charge is 2.23. The lowest BCUT2D eigenvalue weighted by atomic mass is 10.2. The molecule has 33 heavy (non-hydrogen) atoms. The summed E-state index contributed by atoms with van der Waals surface area (Å²) in [6.07, 6.45) is 6.26. The van der Waals surface area contributed by atoms with Crippen LogP contribution >= 0.6 is 0 Å². The highest BCUT2D eigenvalue weighted by Crippen LogP contribution is 2.22. The van der Waals surface area contributed by atoms with E-state index in [-0.39, 0.29) is 5.56 Å². The number of unbranched alkanes of at least 4 members (excludes halogenated alkanes) is 2. The van der Waals surface area contributed by atoms with Crippen molar-refractivity contribution in [2.24, 2.45) is 0 Å². The first-order valence-electron chi connectivity index (χ1n) is 10.9. The Balaban J connectivity index is 1.78. The van der Waals surface area contributed by atoms with Crippen molar-refractivity contribution in [3.05, 3.63) is 58.7 Å². The van der Waals surface area contributed by atoms with E-state index in [1.54, 1.807) is 35.7 Å². The van der Waals surface area contributed by atoms with E-state index in [1.165, 1.54) is 0 Å². The Labute approximate surface area is 189 Å². The first-order chi connectivity index (χ1) is 16.1. The standard InChI is InChI=1S/C22H25N9O2/c1-4-5-6-11-29-19-18(20(32)31-15(2)26-27-22(29)31)30(21(25-19)28-13-23-24-14-28)12-16-7-9-17(33-3)10-8-16/h7-10,13-14H,4-6,11-12H2,1-3H3. The number of nitrogens with zero attached hydrogens (tertiary/aromatic N) is 9. The highest BCUT2D eigenvalue weighted by molar-refractivity contribution is 5.75. The Morgan fingerprint density at radius 2 is 1.76 bits per heavy atom. The van der Waals surface area contributed by atoms with Gasteiger partial charge in [0.2, 0.25) is 11.7 Å². The minimum absolute atomic E-state index is 0.199. The lowest BCUT2D eigenvalue weighted by Crippen LogP contribution is -2.22. The van der Waals surface area contributed by atoms with Crippen molar-refractivity contribution < 1.29 is 4.74 Å². The topological polar surface area (TPSA) is 110 Å². The van der Waals surface area contributed by atoms with Crippen LogP contribution in [0.4, 0.5) is 0 Å². The summed E-state index contributed by atoms with van der Waals surface area (Å²) in [6, 6.07) is 7.75. The van der Waals surface area contributed by atoms with Crippen molar-refractivity contribution in [2.45, 2.75) is 46.2 Å². The Morgan fingerprint density at radius 1 is 1.00 bits per heavy atom. The number of hydrogen-bond acceptors (Lipinski definition) is 7. The van der Waals surface area contributed by atoms with Crippen molar-refractivity contribution in [1.82, 2.24) is 43.5 Å². The summed E-state index contributed by atoms with van der Waals surface area (Å²) in [5.41, 5.74) is 1.87. The van der Waals surface area contributed by atoms with E-state index in [9.17, 15) is 4.79 Å². The third-order valence-electron chi connectivity index (χ3n) is 5.77. The molecule has 4 heterocycles. The van der Waals surface area contributed by atoms with Gasteiger partial charge in [-0.05, 0) is 31.0 Å². The van der Waals surface area contributed by atoms with E-state index in [1.807, 2.05) is 33.4 Å². The number of aryl methyl sites for hydroxylation is 2. The van der Waals surface area contributed by atoms with Crippen LogP contribution in [-0.2, 0) is 13.1 Å². The van der Waals surface area contributed by atoms with Crippen LogP contribution in [0.15, 0.2) is 41.7 Å². The molecule has 0 aliphatic carbocycles. The van der Waals surface area contributed by atoms with Gasteiger partial charge in [0.1, 0.15) is 24.2 Å². The van der Waals surface area contributed by atoms with Crippen LogP contribution in [0.5, 0.6) is 5.75 Å². The number of rotatable bonds is 8. The van der Waals surface area contributed by atoms with Gasteiger partial charge < -0.3 is 4.74 Å². The summed E-state index contributed by atoms with van der Waals surface area (Å²) >= 11 is 0. The predicted molar refractivity (Wildman–Crippen MR) is 122 cm³/mol. The third-order valence-corrected chi connectivity index (χ3v) is 5.77. The van der Waals surface area contributed by atoms with E-state index >= 15 is 0 Å². The summed E-state index contributed by atoms with van der Waals surface area (Å²) in [4.78, 5) is 18.6. The molecule has 0 radical (unpaired) electrons. The van der Waals surface area contributed by atoms with Gasteiger partial charge in [0.25, 0.3) is 5.56 Å². The number of ether oxygens (including phenoxy) is 1. The van der Waals surface area contributed by atoms with Gasteiger partial charge in [-0.25, -0.2) is 4.40 Å². The van der Waals surface area contributed by atoms with Gasteiger partial charge in [0.15, 0.2) is 11.2 Å². The second-order valence-electron chi connectivity index (χ2n) is 7.93. The summed E-state index contributed by atoms with van der Waals surface area (Å²) < 4.78 is 12.5. The number of aromatic nitrogens is 9. The van der Waals surface area contributed by atoms with E-state index in [0.717, 1.165) is 30.6 Å². The molecule has 5 rings (SSSR count). The van der Waals surface area contributed by atoms with Gasteiger partial charge in [0.05, 0.1) is 13.7 Å². The van der Waals surface area contributed by atoms with Gasteiger partial charge >= 0.3 is 0 Å². The maximum absolute atomic E-state index is 13.7. The average Bonchev–Trinajstić information content (AvgIpc) is 3.56. The fourth-order valence-corrected chi connectivity index (χ4v) is 4.08. The van der Waals surface area contributed by atoms with Crippen molar-refractivity contribution in [3.63, 3.8) is 0 Å². The molecular weight excluding hydrogens is 422 g/mol. The molecule has 0 aliphatic heterocycles. The molecule has 170 valence electrons. The predicted octanol–water partition coefficient (Wildman–Crippen LogP) is 2.38. The van der Waals surface area contributed by atoms with E-state index in [4.69, 9.17) is 9.72 Å². The van der Waals surface area contributed by atoms with Crippen molar-refractivity contribution in [3.8, 4) is 11.7 Å². The molecule has 0 bridgehead atoms.